The fourth-order valence-electron chi connectivity index (χ4n) is 0.491. The van der Waals surface area contributed by atoms with E-state index in [1.54, 1.807) is 19.6 Å². The van der Waals surface area contributed by atoms with Crippen LogP contribution in [0, 0.1) is 12.3 Å². The minimum atomic E-state index is -3.91. The van der Waals surface area contributed by atoms with E-state index in [0.717, 1.165) is 0 Å². The maximum Gasteiger partial charge on any atom is 0.463 e. The first-order valence-electron chi connectivity index (χ1n) is 3.38. The standard InChI is InChI=1S/C6H13O4PSi/c1-5-6-9-11(7,8)10-12(2,3)4/h1H,6H2,2-4H3,(H,7,8). The Hall–Kier alpha value is -0.113. The highest BCUT2D eigenvalue weighted by Gasteiger charge is 2.29. The average molecular weight is 208 g/mol. The second kappa shape index (κ2) is 4.22. The zero-order chi connectivity index (χ0) is 9.83. The first-order chi connectivity index (χ1) is 5.27. The number of phosphoric ester groups is 1. The average Bonchev–Trinajstić information content (AvgIpc) is 1.78. The lowest BCUT2D eigenvalue weighted by Gasteiger charge is -2.20. The molecule has 0 aromatic heterocycles. The fourth-order valence-corrected chi connectivity index (χ4v) is 3.71. The molecule has 0 fully saturated rings. The second-order valence-corrected chi connectivity index (χ2v) is 9.30. The summed E-state index contributed by atoms with van der Waals surface area (Å²) in [7, 11) is -5.96. The van der Waals surface area contributed by atoms with Crippen LogP contribution in [0.4, 0.5) is 0 Å². The van der Waals surface area contributed by atoms with Crippen LogP contribution in [0.1, 0.15) is 0 Å². The van der Waals surface area contributed by atoms with Crippen molar-refractivity contribution in [1.82, 2.24) is 0 Å². The Morgan fingerprint density at radius 3 is 2.42 bits per heavy atom. The Balaban J connectivity index is 4.07. The van der Waals surface area contributed by atoms with Gasteiger partial charge in [-0.3, -0.25) is 4.52 Å². The highest BCUT2D eigenvalue weighted by molar-refractivity contribution is 7.49. The van der Waals surface area contributed by atoms with Gasteiger partial charge in [-0.05, 0) is 19.6 Å². The van der Waals surface area contributed by atoms with Gasteiger partial charge in [-0.25, -0.2) is 4.57 Å². The third kappa shape index (κ3) is 6.59. The summed E-state index contributed by atoms with van der Waals surface area (Å²) in [6.07, 6.45) is 4.85. The normalized spacial score (nSPS) is 16.6. The molecule has 0 rings (SSSR count). The van der Waals surface area contributed by atoms with Crippen LogP contribution < -0.4 is 0 Å². The van der Waals surface area contributed by atoms with Crippen molar-refractivity contribution in [2.45, 2.75) is 19.6 Å². The molecule has 0 bridgehead atoms. The molecule has 0 saturated carbocycles. The molecule has 70 valence electrons. The van der Waals surface area contributed by atoms with Crippen molar-refractivity contribution in [3.8, 4) is 12.3 Å². The van der Waals surface area contributed by atoms with Gasteiger partial charge in [-0.15, -0.1) is 6.42 Å². The van der Waals surface area contributed by atoms with Gasteiger partial charge in [0.05, 0.1) is 0 Å². The van der Waals surface area contributed by atoms with Gasteiger partial charge in [0.1, 0.15) is 6.61 Å². The van der Waals surface area contributed by atoms with Gasteiger partial charge >= 0.3 is 7.82 Å². The van der Waals surface area contributed by atoms with Crippen molar-refractivity contribution in [1.29, 1.82) is 0 Å². The van der Waals surface area contributed by atoms with E-state index in [9.17, 15) is 4.57 Å². The van der Waals surface area contributed by atoms with Gasteiger partial charge in [-0.2, -0.15) is 0 Å². The third-order valence-electron chi connectivity index (χ3n) is 0.700. The molecule has 6 heteroatoms. The molecule has 1 unspecified atom stereocenters. The number of rotatable bonds is 4. The molecule has 12 heavy (non-hydrogen) atoms. The van der Waals surface area contributed by atoms with Crippen LogP contribution in [0.5, 0.6) is 0 Å². The number of phosphoric acid groups is 1. The van der Waals surface area contributed by atoms with Crippen molar-refractivity contribution in [2.75, 3.05) is 6.61 Å². The molecule has 0 aliphatic heterocycles. The van der Waals surface area contributed by atoms with E-state index >= 15 is 0 Å². The minimum Gasteiger partial charge on any atom is -0.330 e. The van der Waals surface area contributed by atoms with Crippen molar-refractivity contribution in [3.63, 3.8) is 0 Å². The lowest BCUT2D eigenvalue weighted by Crippen LogP contribution is -2.24. The SMILES string of the molecule is C#CCOP(=O)(O)O[Si](C)(C)C. The molecule has 4 nitrogen and oxygen atoms in total. The van der Waals surface area contributed by atoms with Crippen LogP contribution in [0.15, 0.2) is 0 Å². The second-order valence-electron chi connectivity index (χ2n) is 3.15. The molecule has 0 heterocycles. The highest BCUT2D eigenvalue weighted by Crippen LogP contribution is 2.45. The van der Waals surface area contributed by atoms with Crippen LogP contribution in [0.2, 0.25) is 19.6 Å². The number of hydrogen-bond acceptors (Lipinski definition) is 3. The number of hydrogen-bond donors (Lipinski definition) is 1. The lowest BCUT2D eigenvalue weighted by atomic mass is 10.8. The summed E-state index contributed by atoms with van der Waals surface area (Å²) in [6, 6.07) is 0. The van der Waals surface area contributed by atoms with Gasteiger partial charge in [-0.1, -0.05) is 5.92 Å². The molecular formula is C6H13O4PSi. The minimum absolute atomic E-state index is 0.210. The zero-order valence-corrected chi connectivity index (χ0v) is 9.30. The maximum absolute atomic E-state index is 11.0. The van der Waals surface area contributed by atoms with Crippen molar-refractivity contribution in [2.24, 2.45) is 0 Å². The Morgan fingerprint density at radius 2 is 2.08 bits per heavy atom. The first-order valence-corrected chi connectivity index (χ1v) is 8.29. The van der Waals surface area contributed by atoms with E-state index in [0.29, 0.717) is 0 Å². The van der Waals surface area contributed by atoms with E-state index in [1.165, 1.54) is 0 Å². The molecular weight excluding hydrogens is 195 g/mol. The Bertz CT molecular complexity index is 227. The molecule has 0 spiro atoms. The van der Waals surface area contributed by atoms with Crippen LogP contribution in [0.25, 0.3) is 0 Å². The van der Waals surface area contributed by atoms with Crippen molar-refractivity contribution < 1.29 is 18.2 Å². The van der Waals surface area contributed by atoms with Crippen LogP contribution >= 0.6 is 7.82 Å². The Kier molecular flexibility index (Phi) is 4.18. The van der Waals surface area contributed by atoms with Crippen LogP contribution in [0.3, 0.4) is 0 Å². The van der Waals surface area contributed by atoms with Gasteiger partial charge in [0.25, 0.3) is 0 Å². The lowest BCUT2D eigenvalue weighted by molar-refractivity contribution is 0.223. The Morgan fingerprint density at radius 1 is 1.58 bits per heavy atom. The summed E-state index contributed by atoms with van der Waals surface area (Å²) in [5.41, 5.74) is 0. The summed E-state index contributed by atoms with van der Waals surface area (Å²) in [5, 5.41) is 0. The van der Waals surface area contributed by atoms with Crippen LogP contribution in [-0.2, 0) is 13.3 Å². The van der Waals surface area contributed by atoms with Crippen molar-refractivity contribution in [3.05, 3.63) is 0 Å². The molecule has 1 atom stereocenters. The zero-order valence-electron chi connectivity index (χ0n) is 7.40. The van der Waals surface area contributed by atoms with E-state index in [-0.39, 0.29) is 6.61 Å². The van der Waals surface area contributed by atoms with Gasteiger partial charge in [0.15, 0.2) is 8.32 Å². The van der Waals surface area contributed by atoms with E-state index in [4.69, 9.17) is 15.5 Å². The quantitative estimate of drug-likeness (QED) is 0.433. The molecule has 0 amide bonds. The molecule has 0 radical (unpaired) electrons. The molecule has 0 aliphatic carbocycles. The van der Waals surface area contributed by atoms with E-state index in [2.05, 4.69) is 10.4 Å². The van der Waals surface area contributed by atoms with Gasteiger partial charge < -0.3 is 9.11 Å². The molecule has 0 aliphatic rings. The molecule has 1 N–H and O–H groups in total. The molecule has 0 aromatic rings. The predicted octanol–water partition coefficient (Wildman–Crippen LogP) is 1.59. The number of terminal acetylenes is 1. The third-order valence-corrected chi connectivity index (χ3v) is 4.27. The van der Waals surface area contributed by atoms with Gasteiger partial charge in [0.2, 0.25) is 0 Å². The smallest absolute Gasteiger partial charge is 0.330 e. The fraction of sp³-hybridized carbons (Fsp3) is 0.667. The molecule has 0 aromatic carbocycles. The largest absolute Gasteiger partial charge is 0.463 e. The summed E-state index contributed by atoms with van der Waals surface area (Å²) in [6.45, 7) is 5.15. The Labute approximate surface area is 73.6 Å². The highest BCUT2D eigenvalue weighted by atomic mass is 31.2. The molecule has 0 saturated heterocycles. The van der Waals surface area contributed by atoms with E-state index in [1.807, 2.05) is 0 Å². The first kappa shape index (κ1) is 11.9. The van der Waals surface area contributed by atoms with Gasteiger partial charge in [0, 0.05) is 0 Å². The predicted molar refractivity (Wildman–Crippen MR) is 49.0 cm³/mol. The topological polar surface area (TPSA) is 55.8 Å². The monoisotopic (exact) mass is 208 g/mol. The van der Waals surface area contributed by atoms with Crippen molar-refractivity contribution >= 4 is 16.1 Å². The summed E-state index contributed by atoms with van der Waals surface area (Å²) in [5.74, 6) is 2.09. The van der Waals surface area contributed by atoms with Crippen LogP contribution in [-0.4, -0.2) is 19.8 Å². The summed E-state index contributed by atoms with van der Waals surface area (Å²) >= 11 is 0. The maximum atomic E-state index is 11.0. The summed E-state index contributed by atoms with van der Waals surface area (Å²) < 4.78 is 20.3. The summed E-state index contributed by atoms with van der Waals surface area (Å²) in [4.78, 5) is 9.03. The van der Waals surface area contributed by atoms with E-state index < -0.39 is 16.1 Å².